The number of ether oxygens (including phenoxy) is 1. The molecule has 26 heavy (non-hydrogen) atoms. The molecule has 3 aromatic rings. The van der Waals surface area contributed by atoms with E-state index in [-0.39, 0.29) is 6.04 Å². The van der Waals surface area contributed by atoms with Gasteiger partial charge < -0.3 is 4.74 Å². The van der Waals surface area contributed by atoms with Crippen LogP contribution in [-0.4, -0.2) is 21.4 Å². The molecule has 0 amide bonds. The molecule has 0 aliphatic heterocycles. The molecule has 134 valence electrons. The zero-order valence-electron chi connectivity index (χ0n) is 16.1. The minimum atomic E-state index is 0.216. The lowest BCUT2D eigenvalue weighted by molar-refractivity contribution is 0.338. The number of hydrogen-bond donors (Lipinski definition) is 0. The zero-order valence-corrected chi connectivity index (χ0v) is 16.1. The first kappa shape index (κ1) is 18.0. The Bertz CT molecular complexity index is 993. The quantitative estimate of drug-likeness (QED) is 0.614. The maximum absolute atomic E-state index is 5.96. The smallest absolute Gasteiger partial charge is 0.131 e. The molecule has 0 radical (unpaired) electrons. The normalized spacial score (nSPS) is 11.1. The largest absolute Gasteiger partial charge is 0.493 e. The molecule has 0 unspecified atom stereocenters. The number of pyridine rings is 1. The van der Waals surface area contributed by atoms with Crippen molar-refractivity contribution in [2.24, 2.45) is 0 Å². The summed E-state index contributed by atoms with van der Waals surface area (Å²) in [7, 11) is 0. The number of rotatable bonds is 5. The van der Waals surface area contributed by atoms with Crippen molar-refractivity contribution in [1.82, 2.24) is 14.8 Å². The van der Waals surface area contributed by atoms with E-state index in [0.29, 0.717) is 6.61 Å². The van der Waals surface area contributed by atoms with Gasteiger partial charge >= 0.3 is 0 Å². The molecule has 0 N–H and O–H groups in total. The lowest BCUT2D eigenvalue weighted by atomic mass is 10.0. The van der Waals surface area contributed by atoms with Crippen LogP contribution in [0.4, 0.5) is 0 Å². The Labute approximate surface area is 155 Å². The molecule has 0 saturated heterocycles. The van der Waals surface area contributed by atoms with Crippen molar-refractivity contribution in [3.63, 3.8) is 0 Å². The predicted octanol–water partition coefficient (Wildman–Crippen LogP) is 4.93. The lowest BCUT2D eigenvalue weighted by Crippen LogP contribution is -2.04. The van der Waals surface area contributed by atoms with Crippen LogP contribution in [-0.2, 0) is 6.42 Å². The minimum absolute atomic E-state index is 0.216. The summed E-state index contributed by atoms with van der Waals surface area (Å²) in [5, 5.41) is 4.65. The standard InChI is InChI=1S/C22H25N3O/c1-7-16-11-10-12-18(22(16)26-9-3)19-13-17(8-2)21-20(23-19)15(6)24-25(21)14(4)5/h2,10-14H,7,9H2,1,3-6H3. The molecule has 2 heterocycles. The van der Waals surface area contributed by atoms with Gasteiger partial charge in [0.1, 0.15) is 16.8 Å². The third-order valence-electron chi connectivity index (χ3n) is 4.51. The fourth-order valence-corrected chi connectivity index (χ4v) is 3.28. The Hall–Kier alpha value is -2.80. The van der Waals surface area contributed by atoms with E-state index in [4.69, 9.17) is 16.1 Å². The van der Waals surface area contributed by atoms with Crippen LogP contribution in [0.2, 0.25) is 0 Å². The highest BCUT2D eigenvalue weighted by Crippen LogP contribution is 2.35. The van der Waals surface area contributed by atoms with E-state index in [2.05, 4.69) is 37.9 Å². The van der Waals surface area contributed by atoms with E-state index in [1.807, 2.05) is 36.7 Å². The number of terminal acetylenes is 1. The summed E-state index contributed by atoms with van der Waals surface area (Å²) in [6.07, 6.45) is 6.74. The number of hydrogen-bond acceptors (Lipinski definition) is 3. The topological polar surface area (TPSA) is 39.9 Å². The fourth-order valence-electron chi connectivity index (χ4n) is 3.28. The van der Waals surface area contributed by atoms with Crippen molar-refractivity contribution < 1.29 is 4.74 Å². The Morgan fingerprint density at radius 1 is 1.27 bits per heavy atom. The Balaban J connectivity index is 2.32. The zero-order chi connectivity index (χ0) is 18.8. The molecule has 0 atom stereocenters. The highest BCUT2D eigenvalue weighted by Gasteiger charge is 2.19. The SMILES string of the molecule is C#Cc1cc(-c2cccc(CC)c2OCC)nc2c(C)nn(C(C)C)c12. The summed E-state index contributed by atoms with van der Waals surface area (Å²) >= 11 is 0. The van der Waals surface area contributed by atoms with Crippen LogP contribution < -0.4 is 4.74 Å². The molecule has 0 spiro atoms. The second-order valence-corrected chi connectivity index (χ2v) is 6.60. The third-order valence-corrected chi connectivity index (χ3v) is 4.51. The van der Waals surface area contributed by atoms with E-state index < -0.39 is 0 Å². The van der Waals surface area contributed by atoms with Gasteiger partial charge in [-0.05, 0) is 51.8 Å². The molecular formula is C22H25N3O. The van der Waals surface area contributed by atoms with Gasteiger partial charge in [-0.3, -0.25) is 4.68 Å². The summed E-state index contributed by atoms with van der Waals surface area (Å²) in [5.41, 5.74) is 6.45. The van der Waals surface area contributed by atoms with Crippen LogP contribution in [0, 0.1) is 19.3 Å². The van der Waals surface area contributed by atoms with Gasteiger partial charge in [-0.15, -0.1) is 6.42 Å². The lowest BCUT2D eigenvalue weighted by Gasteiger charge is -2.15. The first-order valence-electron chi connectivity index (χ1n) is 9.13. The maximum atomic E-state index is 5.96. The molecule has 0 aliphatic carbocycles. The summed E-state index contributed by atoms with van der Waals surface area (Å²) in [4.78, 5) is 4.92. The predicted molar refractivity (Wildman–Crippen MR) is 107 cm³/mol. The highest BCUT2D eigenvalue weighted by atomic mass is 16.5. The van der Waals surface area contributed by atoms with Crippen LogP contribution in [0.3, 0.4) is 0 Å². The van der Waals surface area contributed by atoms with Gasteiger partial charge in [0.25, 0.3) is 0 Å². The van der Waals surface area contributed by atoms with Gasteiger partial charge in [-0.1, -0.05) is 25.0 Å². The summed E-state index contributed by atoms with van der Waals surface area (Å²) < 4.78 is 7.92. The monoisotopic (exact) mass is 347 g/mol. The fraction of sp³-hybridized carbons (Fsp3) is 0.364. The summed E-state index contributed by atoms with van der Waals surface area (Å²) in [5.74, 6) is 3.72. The molecule has 1 aromatic carbocycles. The average molecular weight is 347 g/mol. The number of nitrogens with zero attached hydrogens (tertiary/aromatic N) is 3. The van der Waals surface area contributed by atoms with Crippen molar-refractivity contribution in [2.75, 3.05) is 6.61 Å². The van der Waals surface area contributed by atoms with Gasteiger partial charge in [-0.2, -0.15) is 5.10 Å². The molecule has 4 heteroatoms. The average Bonchev–Trinajstić information content (AvgIpc) is 2.98. The van der Waals surface area contributed by atoms with E-state index >= 15 is 0 Å². The number of aryl methyl sites for hydroxylation is 2. The van der Waals surface area contributed by atoms with Gasteiger partial charge in [-0.25, -0.2) is 4.98 Å². The Kier molecular flexibility index (Phi) is 4.99. The molecule has 2 aromatic heterocycles. The number of para-hydroxylation sites is 1. The number of aromatic nitrogens is 3. The molecule has 0 bridgehead atoms. The van der Waals surface area contributed by atoms with E-state index in [1.165, 1.54) is 5.56 Å². The summed E-state index contributed by atoms with van der Waals surface area (Å²) in [6.45, 7) is 10.9. The highest BCUT2D eigenvalue weighted by molar-refractivity contribution is 5.87. The Morgan fingerprint density at radius 3 is 2.65 bits per heavy atom. The van der Waals surface area contributed by atoms with Gasteiger partial charge in [0.05, 0.1) is 23.6 Å². The van der Waals surface area contributed by atoms with Crippen LogP contribution in [0.1, 0.15) is 50.6 Å². The van der Waals surface area contributed by atoms with Gasteiger partial charge in [0.2, 0.25) is 0 Å². The van der Waals surface area contributed by atoms with Gasteiger partial charge in [0.15, 0.2) is 0 Å². The van der Waals surface area contributed by atoms with Crippen LogP contribution in [0.25, 0.3) is 22.3 Å². The molecule has 0 saturated carbocycles. The van der Waals surface area contributed by atoms with Crippen molar-refractivity contribution in [1.29, 1.82) is 0 Å². The van der Waals surface area contributed by atoms with Crippen molar-refractivity contribution in [3.05, 3.63) is 41.1 Å². The molecule has 0 aliphatic rings. The first-order valence-corrected chi connectivity index (χ1v) is 9.13. The van der Waals surface area contributed by atoms with E-state index in [0.717, 1.165) is 45.7 Å². The van der Waals surface area contributed by atoms with Crippen molar-refractivity contribution in [3.8, 4) is 29.4 Å². The second-order valence-electron chi connectivity index (χ2n) is 6.60. The molecule has 0 fully saturated rings. The minimum Gasteiger partial charge on any atom is -0.493 e. The molecule has 3 rings (SSSR count). The molecular weight excluding hydrogens is 322 g/mol. The Morgan fingerprint density at radius 2 is 2.04 bits per heavy atom. The summed E-state index contributed by atoms with van der Waals surface area (Å²) in [6, 6.07) is 8.37. The van der Waals surface area contributed by atoms with E-state index in [9.17, 15) is 0 Å². The number of benzene rings is 1. The van der Waals surface area contributed by atoms with Crippen molar-refractivity contribution >= 4 is 11.0 Å². The first-order chi connectivity index (χ1) is 12.5. The van der Waals surface area contributed by atoms with Crippen LogP contribution >= 0.6 is 0 Å². The number of fused-ring (bicyclic) bond motifs is 1. The second kappa shape index (κ2) is 7.21. The maximum Gasteiger partial charge on any atom is 0.131 e. The van der Waals surface area contributed by atoms with E-state index in [1.54, 1.807) is 0 Å². The van der Waals surface area contributed by atoms with Crippen LogP contribution in [0.5, 0.6) is 5.75 Å². The van der Waals surface area contributed by atoms with Crippen LogP contribution in [0.15, 0.2) is 24.3 Å². The van der Waals surface area contributed by atoms with Gasteiger partial charge in [0, 0.05) is 11.6 Å². The third kappa shape index (κ3) is 2.94. The molecule has 4 nitrogen and oxygen atoms in total. The van der Waals surface area contributed by atoms with Crippen molar-refractivity contribution in [2.45, 2.75) is 47.1 Å².